The number of fused-ring (bicyclic) bond motifs is 1. The summed E-state index contributed by atoms with van der Waals surface area (Å²) in [4.78, 5) is 17.2. The highest BCUT2D eigenvalue weighted by molar-refractivity contribution is 6.30. The van der Waals surface area contributed by atoms with E-state index < -0.39 is 29.3 Å². The van der Waals surface area contributed by atoms with E-state index in [9.17, 15) is 18.0 Å². The number of Topliss-reactive ketones (excluding diaryl/α,β-unsaturated/α-hetero) is 1. The number of alkyl halides is 3. The fourth-order valence-corrected chi connectivity index (χ4v) is 3.47. The summed E-state index contributed by atoms with van der Waals surface area (Å²) < 4.78 is 44.5. The lowest BCUT2D eigenvalue weighted by Crippen LogP contribution is -2.35. The first kappa shape index (κ1) is 19.2. The second kappa shape index (κ2) is 6.73. The zero-order chi connectivity index (χ0) is 20.9. The van der Waals surface area contributed by atoms with Gasteiger partial charge in [-0.15, -0.1) is 0 Å². The van der Waals surface area contributed by atoms with Crippen molar-refractivity contribution >= 4 is 23.3 Å². The number of carbonyl (C=O) groups excluding carboxylic acids is 1. The van der Waals surface area contributed by atoms with Gasteiger partial charge in [-0.1, -0.05) is 23.7 Å². The highest BCUT2D eigenvalue weighted by atomic mass is 35.5. The Morgan fingerprint density at radius 1 is 1.24 bits per heavy atom. The Morgan fingerprint density at radius 3 is 2.52 bits per heavy atom. The van der Waals surface area contributed by atoms with E-state index in [0.29, 0.717) is 16.3 Å². The molecule has 1 aliphatic rings. The predicted molar refractivity (Wildman–Crippen MR) is 98.6 cm³/mol. The summed E-state index contributed by atoms with van der Waals surface area (Å²) in [5, 5.41) is 10.8. The minimum Gasteiger partial charge on any atom is -0.320 e. The van der Waals surface area contributed by atoms with Crippen molar-refractivity contribution in [2.24, 2.45) is 7.05 Å². The number of hydrogen-bond donors (Lipinski definition) is 1. The van der Waals surface area contributed by atoms with E-state index >= 15 is 0 Å². The number of anilines is 1. The summed E-state index contributed by atoms with van der Waals surface area (Å²) in [7, 11) is 1.59. The molecule has 0 saturated heterocycles. The maximum absolute atomic E-state index is 14.0. The molecular formula is C18H14ClF3N6O. The van der Waals surface area contributed by atoms with Crippen LogP contribution in [0.1, 0.15) is 27.7 Å². The molecule has 150 valence electrons. The van der Waals surface area contributed by atoms with Crippen LogP contribution in [0.4, 0.5) is 19.1 Å². The molecule has 11 heteroatoms. The number of benzene rings is 1. The number of ketones is 1. The molecule has 0 fully saturated rings. The van der Waals surface area contributed by atoms with E-state index in [1.54, 1.807) is 38.2 Å². The van der Waals surface area contributed by atoms with Crippen molar-refractivity contribution in [1.29, 1.82) is 0 Å². The largest absolute Gasteiger partial charge is 0.431 e. The normalized spacial score (nSPS) is 16.6. The van der Waals surface area contributed by atoms with Gasteiger partial charge < -0.3 is 5.32 Å². The van der Waals surface area contributed by atoms with Crippen molar-refractivity contribution < 1.29 is 18.0 Å². The maximum Gasteiger partial charge on any atom is 0.431 e. The van der Waals surface area contributed by atoms with Gasteiger partial charge in [0.2, 0.25) is 5.95 Å². The van der Waals surface area contributed by atoms with Crippen LogP contribution in [0.3, 0.4) is 0 Å². The van der Waals surface area contributed by atoms with E-state index in [-0.39, 0.29) is 11.5 Å². The quantitative estimate of drug-likeness (QED) is 0.651. The van der Waals surface area contributed by atoms with Crippen LogP contribution in [-0.2, 0) is 7.05 Å². The molecule has 4 rings (SSSR count). The van der Waals surface area contributed by atoms with Gasteiger partial charge in [-0.2, -0.15) is 28.4 Å². The molecule has 1 N–H and O–H groups in total. The smallest absolute Gasteiger partial charge is 0.320 e. The third-order valence-corrected chi connectivity index (χ3v) is 4.82. The molecule has 0 spiro atoms. The van der Waals surface area contributed by atoms with Gasteiger partial charge in [0.05, 0.1) is 16.8 Å². The van der Waals surface area contributed by atoms with Gasteiger partial charge in [0.1, 0.15) is 18.1 Å². The Morgan fingerprint density at radius 2 is 1.93 bits per heavy atom. The summed E-state index contributed by atoms with van der Waals surface area (Å²) in [6, 6.07) is 5.05. The van der Waals surface area contributed by atoms with Crippen molar-refractivity contribution in [3.05, 3.63) is 69.9 Å². The van der Waals surface area contributed by atoms with Crippen molar-refractivity contribution in [3.63, 3.8) is 0 Å². The second-order valence-corrected chi connectivity index (χ2v) is 6.96. The number of hydrogen-bond acceptors (Lipinski definition) is 5. The first-order chi connectivity index (χ1) is 13.7. The first-order valence-electron chi connectivity index (χ1n) is 8.45. The van der Waals surface area contributed by atoms with Crippen molar-refractivity contribution in [3.8, 4) is 0 Å². The van der Waals surface area contributed by atoms with Gasteiger partial charge >= 0.3 is 6.18 Å². The highest BCUT2D eigenvalue weighted by Gasteiger charge is 2.46. The minimum absolute atomic E-state index is 0.0774. The van der Waals surface area contributed by atoms with Gasteiger partial charge in [-0.3, -0.25) is 9.48 Å². The molecule has 2 aromatic heterocycles. The van der Waals surface area contributed by atoms with E-state index in [2.05, 4.69) is 20.5 Å². The van der Waals surface area contributed by atoms with Gasteiger partial charge in [0.25, 0.3) is 0 Å². The average molecular weight is 423 g/mol. The molecule has 0 amide bonds. The molecule has 0 bridgehead atoms. The highest BCUT2D eigenvalue weighted by Crippen LogP contribution is 2.42. The van der Waals surface area contributed by atoms with Crippen LogP contribution in [0.2, 0.25) is 5.02 Å². The summed E-state index contributed by atoms with van der Waals surface area (Å²) >= 11 is 5.93. The van der Waals surface area contributed by atoms with Crippen LogP contribution in [0, 0.1) is 6.92 Å². The number of allylic oxidation sites excluding steroid dienone is 2. The number of aryl methyl sites for hydroxylation is 2. The summed E-state index contributed by atoms with van der Waals surface area (Å²) in [5.41, 5.74) is -0.853. The van der Waals surface area contributed by atoms with Gasteiger partial charge in [0.15, 0.2) is 5.78 Å². The molecule has 0 radical (unpaired) electrons. The third kappa shape index (κ3) is 3.29. The second-order valence-electron chi connectivity index (χ2n) is 6.52. The summed E-state index contributed by atoms with van der Waals surface area (Å²) in [5.74, 6) is -0.909. The lowest BCUT2D eigenvalue weighted by atomic mass is 9.89. The number of halogens is 4. The van der Waals surface area contributed by atoms with Crippen LogP contribution < -0.4 is 5.32 Å². The Kier molecular flexibility index (Phi) is 4.45. The molecule has 3 heterocycles. The Labute approximate surface area is 167 Å². The van der Waals surface area contributed by atoms with E-state index in [1.807, 2.05) is 0 Å². The topological polar surface area (TPSA) is 77.6 Å². The Balaban J connectivity index is 1.98. The van der Waals surface area contributed by atoms with Crippen LogP contribution in [0.25, 0.3) is 0 Å². The zero-order valence-corrected chi connectivity index (χ0v) is 16.0. The van der Waals surface area contributed by atoms with Gasteiger partial charge in [0, 0.05) is 18.3 Å². The molecule has 1 aromatic carbocycles. The number of nitrogens with zero attached hydrogens (tertiary/aromatic N) is 5. The number of rotatable bonds is 3. The molecular weight excluding hydrogens is 409 g/mol. The van der Waals surface area contributed by atoms with Crippen LogP contribution in [0.5, 0.6) is 0 Å². The molecule has 3 aromatic rings. The number of aromatic nitrogens is 5. The molecule has 0 unspecified atom stereocenters. The van der Waals surface area contributed by atoms with Crippen molar-refractivity contribution in [2.45, 2.75) is 19.1 Å². The maximum atomic E-state index is 14.0. The molecule has 0 aliphatic carbocycles. The zero-order valence-electron chi connectivity index (χ0n) is 15.2. The molecule has 7 nitrogen and oxygen atoms in total. The van der Waals surface area contributed by atoms with E-state index in [0.717, 1.165) is 6.33 Å². The fraction of sp³-hybridized carbons (Fsp3) is 0.222. The van der Waals surface area contributed by atoms with Crippen molar-refractivity contribution in [1.82, 2.24) is 24.5 Å². The fourth-order valence-electron chi connectivity index (χ4n) is 3.35. The van der Waals surface area contributed by atoms with Gasteiger partial charge in [-0.25, -0.2) is 4.68 Å². The lowest BCUT2D eigenvalue weighted by Gasteiger charge is -2.30. The van der Waals surface area contributed by atoms with Crippen LogP contribution in [-0.4, -0.2) is 36.5 Å². The Bertz CT molecular complexity index is 1130. The molecule has 0 saturated carbocycles. The van der Waals surface area contributed by atoms with Crippen molar-refractivity contribution in [2.75, 3.05) is 5.32 Å². The summed E-state index contributed by atoms with van der Waals surface area (Å²) in [6.45, 7) is 1.56. The van der Waals surface area contributed by atoms with Crippen LogP contribution >= 0.6 is 11.6 Å². The van der Waals surface area contributed by atoms with E-state index in [1.165, 1.54) is 15.6 Å². The predicted octanol–water partition coefficient (Wildman–Crippen LogP) is 3.69. The molecule has 1 aliphatic heterocycles. The SMILES string of the molecule is Cc1nn(C)cc1C(=O)C1=C(C(F)(F)F)Nc2ncnn2[C@@H]1c1ccc(Cl)cc1. The summed E-state index contributed by atoms with van der Waals surface area (Å²) in [6.07, 6.45) is -2.29. The van der Waals surface area contributed by atoms with Gasteiger partial charge in [-0.05, 0) is 24.6 Å². The standard InChI is InChI=1S/C18H14ClF3N6O/c1-9-12(7-27(2)26-9)15(29)13-14(10-3-5-11(19)6-4-10)28-17(23-8-24-28)25-16(13)18(20,21)22/h3-8,14H,1-2H3,(H,23,24,25)/t14-/m1/s1. The Hall–Kier alpha value is -3.14. The average Bonchev–Trinajstić information content (AvgIpc) is 3.25. The number of carbonyl (C=O) groups is 1. The minimum atomic E-state index is -4.82. The number of nitrogens with one attached hydrogen (secondary N) is 1. The van der Waals surface area contributed by atoms with Crippen LogP contribution in [0.15, 0.2) is 48.1 Å². The van der Waals surface area contributed by atoms with E-state index in [4.69, 9.17) is 11.6 Å². The lowest BCUT2D eigenvalue weighted by molar-refractivity contribution is -0.0918. The third-order valence-electron chi connectivity index (χ3n) is 4.57. The molecule has 1 atom stereocenters. The monoisotopic (exact) mass is 422 g/mol. The first-order valence-corrected chi connectivity index (χ1v) is 8.83. The molecule has 29 heavy (non-hydrogen) atoms.